The van der Waals surface area contributed by atoms with Gasteiger partial charge >= 0.3 is 0 Å². The second-order valence-corrected chi connectivity index (χ2v) is 9.66. The molecule has 2 saturated heterocycles. The zero-order valence-electron chi connectivity index (χ0n) is 17.9. The Hall–Kier alpha value is -2.02. The number of aryl methyl sites for hydroxylation is 1. The summed E-state index contributed by atoms with van der Waals surface area (Å²) in [6.07, 6.45) is 6.64. The fourth-order valence-electron chi connectivity index (χ4n) is 4.52. The SMILES string of the molecule is CC(=Cc1ccccc1)CN1CCC2(CCC(CNC(=O)c3csc(C)n3)O2)CC1. The van der Waals surface area contributed by atoms with E-state index in [0.717, 1.165) is 50.3 Å². The van der Waals surface area contributed by atoms with E-state index < -0.39 is 0 Å². The Kier molecular flexibility index (Phi) is 6.66. The molecule has 1 unspecified atom stereocenters. The number of thiazole rings is 1. The number of nitrogens with one attached hydrogen (secondary N) is 1. The molecule has 160 valence electrons. The Bertz CT molecular complexity index is 885. The molecule has 0 bridgehead atoms. The first-order chi connectivity index (χ1) is 14.5. The zero-order valence-corrected chi connectivity index (χ0v) is 18.7. The summed E-state index contributed by atoms with van der Waals surface area (Å²) in [7, 11) is 0. The van der Waals surface area contributed by atoms with Gasteiger partial charge in [0, 0.05) is 31.6 Å². The van der Waals surface area contributed by atoms with Crippen molar-refractivity contribution in [2.45, 2.75) is 51.2 Å². The van der Waals surface area contributed by atoms with Crippen LogP contribution in [0.15, 0.2) is 41.3 Å². The number of benzene rings is 1. The number of amides is 1. The molecule has 1 aromatic heterocycles. The van der Waals surface area contributed by atoms with E-state index in [-0.39, 0.29) is 17.6 Å². The van der Waals surface area contributed by atoms with Gasteiger partial charge in [0.1, 0.15) is 5.69 Å². The van der Waals surface area contributed by atoms with E-state index >= 15 is 0 Å². The Morgan fingerprint density at radius 3 is 2.77 bits per heavy atom. The topological polar surface area (TPSA) is 54.5 Å². The number of carbonyl (C=O) groups is 1. The van der Waals surface area contributed by atoms with Crippen molar-refractivity contribution < 1.29 is 9.53 Å². The van der Waals surface area contributed by atoms with E-state index in [2.05, 4.69) is 58.5 Å². The lowest BCUT2D eigenvalue weighted by Gasteiger charge is -2.39. The minimum atomic E-state index is -0.0978. The maximum atomic E-state index is 12.2. The third kappa shape index (κ3) is 5.36. The van der Waals surface area contributed by atoms with Gasteiger partial charge in [0.2, 0.25) is 0 Å². The van der Waals surface area contributed by atoms with Gasteiger partial charge in [-0.15, -0.1) is 11.3 Å². The average Bonchev–Trinajstić information content (AvgIpc) is 3.35. The summed E-state index contributed by atoms with van der Waals surface area (Å²) in [5.41, 5.74) is 3.17. The van der Waals surface area contributed by atoms with E-state index in [1.54, 1.807) is 0 Å². The average molecular weight is 426 g/mol. The molecule has 1 atom stereocenters. The van der Waals surface area contributed by atoms with Crippen LogP contribution in [0.25, 0.3) is 6.08 Å². The number of hydrogen-bond donors (Lipinski definition) is 1. The van der Waals surface area contributed by atoms with Crippen LogP contribution in [-0.2, 0) is 4.74 Å². The quantitative estimate of drug-likeness (QED) is 0.750. The molecule has 5 nitrogen and oxygen atoms in total. The molecule has 1 spiro atoms. The van der Waals surface area contributed by atoms with Gasteiger partial charge in [0.15, 0.2) is 0 Å². The molecule has 2 fully saturated rings. The molecule has 4 rings (SSSR count). The summed E-state index contributed by atoms with van der Waals surface area (Å²) >= 11 is 1.50. The number of aromatic nitrogens is 1. The number of nitrogens with zero attached hydrogens (tertiary/aromatic N) is 2. The second kappa shape index (κ2) is 9.41. The Morgan fingerprint density at radius 2 is 2.07 bits per heavy atom. The minimum Gasteiger partial charge on any atom is -0.370 e. The van der Waals surface area contributed by atoms with Crippen molar-refractivity contribution in [1.82, 2.24) is 15.2 Å². The Balaban J connectivity index is 1.22. The van der Waals surface area contributed by atoms with E-state index in [4.69, 9.17) is 4.74 Å². The molecule has 1 amide bonds. The van der Waals surface area contributed by atoms with Crippen molar-refractivity contribution in [2.75, 3.05) is 26.2 Å². The lowest BCUT2D eigenvalue weighted by molar-refractivity contribution is -0.0743. The summed E-state index contributed by atoms with van der Waals surface area (Å²) in [4.78, 5) is 19.0. The fraction of sp³-hybridized carbons (Fsp3) is 0.500. The highest BCUT2D eigenvalue weighted by molar-refractivity contribution is 7.09. The predicted octanol–water partition coefficient (Wildman–Crippen LogP) is 4.30. The molecule has 1 aromatic carbocycles. The summed E-state index contributed by atoms with van der Waals surface area (Å²) in [6, 6.07) is 10.5. The molecule has 30 heavy (non-hydrogen) atoms. The largest absolute Gasteiger partial charge is 0.370 e. The van der Waals surface area contributed by atoms with E-state index in [1.165, 1.54) is 22.5 Å². The van der Waals surface area contributed by atoms with Crippen LogP contribution in [0.3, 0.4) is 0 Å². The summed E-state index contributed by atoms with van der Waals surface area (Å²) in [5, 5.41) is 5.72. The number of ether oxygens (including phenoxy) is 1. The maximum absolute atomic E-state index is 12.2. The van der Waals surface area contributed by atoms with Crippen molar-refractivity contribution >= 4 is 23.3 Å². The second-order valence-electron chi connectivity index (χ2n) is 8.60. The van der Waals surface area contributed by atoms with Gasteiger partial charge in [0.25, 0.3) is 5.91 Å². The number of carbonyl (C=O) groups excluding carboxylic acids is 1. The van der Waals surface area contributed by atoms with Crippen LogP contribution in [0.1, 0.15) is 53.7 Å². The molecule has 2 aliphatic rings. The molecule has 1 N–H and O–H groups in total. The lowest BCUT2D eigenvalue weighted by atomic mass is 9.88. The van der Waals surface area contributed by atoms with Gasteiger partial charge in [-0.05, 0) is 45.1 Å². The summed E-state index contributed by atoms with van der Waals surface area (Å²) < 4.78 is 6.46. The van der Waals surface area contributed by atoms with Crippen molar-refractivity contribution in [3.63, 3.8) is 0 Å². The maximum Gasteiger partial charge on any atom is 0.270 e. The van der Waals surface area contributed by atoms with Crippen LogP contribution in [0.5, 0.6) is 0 Å². The molecule has 0 radical (unpaired) electrons. The van der Waals surface area contributed by atoms with E-state index in [1.807, 2.05) is 12.3 Å². The van der Waals surface area contributed by atoms with Gasteiger partial charge < -0.3 is 10.1 Å². The van der Waals surface area contributed by atoms with Gasteiger partial charge in [-0.3, -0.25) is 9.69 Å². The van der Waals surface area contributed by atoms with E-state index in [9.17, 15) is 4.79 Å². The third-order valence-corrected chi connectivity index (χ3v) is 6.91. The number of rotatable bonds is 6. The van der Waals surface area contributed by atoms with Crippen molar-refractivity contribution in [1.29, 1.82) is 0 Å². The lowest BCUT2D eigenvalue weighted by Crippen LogP contribution is -2.45. The highest BCUT2D eigenvalue weighted by Gasteiger charge is 2.42. The molecule has 3 heterocycles. The van der Waals surface area contributed by atoms with Crippen LogP contribution < -0.4 is 5.32 Å². The minimum absolute atomic E-state index is 0.000161. The number of likely N-dealkylation sites (tertiary alicyclic amines) is 1. The first kappa shape index (κ1) is 21.2. The monoisotopic (exact) mass is 425 g/mol. The standard InChI is InChI=1S/C24H31N3O2S/c1-18(14-20-6-4-3-5-7-20)16-27-12-10-24(11-13-27)9-8-21(29-24)15-25-23(28)22-17-30-19(2)26-22/h3-7,14,17,21H,8-13,15-16H2,1-2H3,(H,25,28). The van der Waals surface area contributed by atoms with Crippen LogP contribution in [-0.4, -0.2) is 53.7 Å². The number of hydrogen-bond acceptors (Lipinski definition) is 5. The Labute approximate surface area is 183 Å². The highest BCUT2D eigenvalue weighted by atomic mass is 32.1. The molecule has 6 heteroatoms. The van der Waals surface area contributed by atoms with Gasteiger partial charge in [-0.1, -0.05) is 42.0 Å². The van der Waals surface area contributed by atoms with Crippen LogP contribution >= 0.6 is 11.3 Å². The zero-order chi connectivity index (χ0) is 21.0. The van der Waals surface area contributed by atoms with Crippen molar-refractivity contribution in [2.24, 2.45) is 0 Å². The van der Waals surface area contributed by atoms with Crippen LogP contribution in [0, 0.1) is 6.92 Å². The first-order valence-corrected chi connectivity index (χ1v) is 11.7. The molecule has 0 saturated carbocycles. The smallest absolute Gasteiger partial charge is 0.270 e. The molecule has 2 aromatic rings. The summed E-state index contributed by atoms with van der Waals surface area (Å²) in [5.74, 6) is -0.0978. The van der Waals surface area contributed by atoms with Gasteiger partial charge in [-0.2, -0.15) is 0 Å². The predicted molar refractivity (Wildman–Crippen MR) is 122 cm³/mol. The van der Waals surface area contributed by atoms with Gasteiger partial charge in [-0.25, -0.2) is 4.98 Å². The molecular weight excluding hydrogens is 394 g/mol. The summed E-state index contributed by atoms with van der Waals surface area (Å²) in [6.45, 7) is 7.84. The van der Waals surface area contributed by atoms with Crippen LogP contribution in [0.2, 0.25) is 0 Å². The molecular formula is C24H31N3O2S. The number of piperidine rings is 1. The third-order valence-electron chi connectivity index (χ3n) is 6.13. The normalized spacial score (nSPS) is 21.8. The molecule has 0 aliphatic carbocycles. The van der Waals surface area contributed by atoms with Crippen LogP contribution in [0.4, 0.5) is 0 Å². The Morgan fingerprint density at radius 1 is 1.30 bits per heavy atom. The van der Waals surface area contributed by atoms with E-state index in [0.29, 0.717) is 12.2 Å². The van der Waals surface area contributed by atoms with Crippen molar-refractivity contribution in [3.05, 3.63) is 57.6 Å². The molecule has 2 aliphatic heterocycles. The van der Waals surface area contributed by atoms with Gasteiger partial charge in [0.05, 0.1) is 16.7 Å². The van der Waals surface area contributed by atoms with Crippen molar-refractivity contribution in [3.8, 4) is 0 Å². The fourth-order valence-corrected chi connectivity index (χ4v) is 5.12. The highest BCUT2D eigenvalue weighted by Crippen LogP contribution is 2.38. The first-order valence-electron chi connectivity index (χ1n) is 10.8.